The van der Waals surface area contributed by atoms with Gasteiger partial charge in [0.25, 0.3) is 0 Å². The summed E-state index contributed by atoms with van der Waals surface area (Å²) in [7, 11) is 0. The van der Waals surface area contributed by atoms with Gasteiger partial charge in [0, 0.05) is 6.20 Å². The van der Waals surface area contributed by atoms with Gasteiger partial charge in [-0.2, -0.15) is 0 Å². The molecule has 0 spiro atoms. The Kier molecular flexibility index (Phi) is 4.04. The fourth-order valence-electron chi connectivity index (χ4n) is 0.443. The van der Waals surface area contributed by atoms with Gasteiger partial charge in [-0.25, -0.2) is 4.79 Å². The van der Waals surface area contributed by atoms with Gasteiger partial charge in [0.15, 0.2) is 0 Å². The molecule has 56 valence electrons. The molecule has 0 amide bonds. The van der Waals surface area contributed by atoms with Crippen LogP contribution in [0.5, 0.6) is 0 Å². The number of hydrogen-bond acceptors (Lipinski definition) is 2. The summed E-state index contributed by atoms with van der Waals surface area (Å²) in [5.41, 5.74) is 5.15. The van der Waals surface area contributed by atoms with Crippen LogP contribution in [0, 0.1) is 0 Å². The van der Waals surface area contributed by atoms with Crippen molar-refractivity contribution < 1.29 is 9.90 Å². The second-order valence-corrected chi connectivity index (χ2v) is 1.74. The van der Waals surface area contributed by atoms with Crippen LogP contribution < -0.4 is 5.73 Å². The molecule has 0 rings (SSSR count). The van der Waals surface area contributed by atoms with Crippen LogP contribution in [-0.2, 0) is 4.79 Å². The van der Waals surface area contributed by atoms with Crippen LogP contribution in [0.1, 0.15) is 13.3 Å². The number of carboxylic acid groups (broad SMARTS) is 1. The van der Waals surface area contributed by atoms with Crippen LogP contribution in [-0.4, -0.2) is 11.1 Å². The predicted octanol–water partition coefficient (Wildman–Crippen LogP) is 0.880. The molecule has 3 N–H and O–H groups in total. The van der Waals surface area contributed by atoms with Crippen molar-refractivity contribution in [2.75, 3.05) is 0 Å². The van der Waals surface area contributed by atoms with E-state index >= 15 is 0 Å². The number of aliphatic carboxylic acids is 1. The Bertz CT molecular complexity index is 170. The third-order valence-electron chi connectivity index (χ3n) is 0.960. The molecular formula is C7H11NO2. The number of hydrogen-bond donors (Lipinski definition) is 2. The van der Waals surface area contributed by atoms with E-state index in [4.69, 9.17) is 10.8 Å². The minimum atomic E-state index is -0.993. The van der Waals surface area contributed by atoms with Crippen molar-refractivity contribution >= 4 is 5.97 Å². The summed E-state index contributed by atoms with van der Waals surface area (Å²) in [6.45, 7) is 1.92. The van der Waals surface area contributed by atoms with Crippen LogP contribution in [0.2, 0.25) is 0 Å². The number of carbonyl (C=O) groups is 1. The summed E-state index contributed by atoms with van der Waals surface area (Å²) in [6.07, 6.45) is 5.12. The van der Waals surface area contributed by atoms with Gasteiger partial charge in [0.05, 0.1) is 5.57 Å². The Morgan fingerprint density at radius 2 is 2.30 bits per heavy atom. The average molecular weight is 141 g/mol. The first-order valence-corrected chi connectivity index (χ1v) is 3.04. The molecule has 0 aliphatic heterocycles. The van der Waals surface area contributed by atoms with Gasteiger partial charge in [-0.1, -0.05) is 19.1 Å². The first kappa shape index (κ1) is 8.75. The minimum Gasteiger partial charge on any atom is -0.478 e. The topological polar surface area (TPSA) is 63.3 Å². The molecule has 0 aliphatic rings. The van der Waals surface area contributed by atoms with Crippen molar-refractivity contribution in [2.45, 2.75) is 13.3 Å². The monoisotopic (exact) mass is 141 g/mol. The lowest BCUT2D eigenvalue weighted by molar-refractivity contribution is -0.132. The van der Waals surface area contributed by atoms with Crippen LogP contribution in [0.4, 0.5) is 0 Å². The van der Waals surface area contributed by atoms with E-state index in [0.717, 1.165) is 12.6 Å². The molecule has 0 aliphatic carbocycles. The van der Waals surface area contributed by atoms with E-state index in [2.05, 4.69) is 0 Å². The summed E-state index contributed by atoms with van der Waals surface area (Å²) >= 11 is 0. The lowest BCUT2D eigenvalue weighted by atomic mass is 10.2. The smallest absolute Gasteiger partial charge is 0.337 e. The number of rotatable bonds is 3. The van der Waals surface area contributed by atoms with Gasteiger partial charge in [-0.15, -0.1) is 0 Å². The summed E-state index contributed by atoms with van der Waals surface area (Å²) < 4.78 is 0. The zero-order valence-electron chi connectivity index (χ0n) is 5.87. The second-order valence-electron chi connectivity index (χ2n) is 1.74. The van der Waals surface area contributed by atoms with E-state index in [1.54, 1.807) is 6.08 Å². The highest BCUT2D eigenvalue weighted by atomic mass is 16.4. The third kappa shape index (κ3) is 2.91. The number of nitrogens with two attached hydrogens (primary N) is 1. The number of allylic oxidation sites excluding steroid dienone is 1. The van der Waals surface area contributed by atoms with Crippen LogP contribution >= 0.6 is 0 Å². The fraction of sp³-hybridized carbons (Fsp3) is 0.286. The van der Waals surface area contributed by atoms with Gasteiger partial charge in [-0.05, 0) is 6.42 Å². The molecule has 0 saturated heterocycles. The molecule has 0 aromatic heterocycles. The highest BCUT2D eigenvalue weighted by Gasteiger charge is 1.98. The van der Waals surface area contributed by atoms with Crippen molar-refractivity contribution in [1.29, 1.82) is 0 Å². The van der Waals surface area contributed by atoms with E-state index in [1.807, 2.05) is 6.92 Å². The largest absolute Gasteiger partial charge is 0.478 e. The van der Waals surface area contributed by atoms with Gasteiger partial charge in [-0.3, -0.25) is 0 Å². The molecule has 0 saturated carbocycles. The van der Waals surface area contributed by atoms with Crippen molar-refractivity contribution in [2.24, 2.45) is 5.73 Å². The third-order valence-corrected chi connectivity index (χ3v) is 0.960. The summed E-state index contributed by atoms with van der Waals surface area (Å²) in [6, 6.07) is 0. The molecule has 3 heteroatoms. The Morgan fingerprint density at radius 1 is 1.70 bits per heavy atom. The summed E-state index contributed by atoms with van der Waals surface area (Å²) in [5, 5.41) is 8.40. The standard InChI is InChI=1S/C7H11NO2/c1-2-3-4-6(5-8)7(9)10/h3-5H,2,8H2,1H3,(H,9,10). The van der Waals surface area contributed by atoms with Crippen LogP contribution in [0.3, 0.4) is 0 Å². The van der Waals surface area contributed by atoms with Crippen molar-refractivity contribution in [1.82, 2.24) is 0 Å². The summed E-state index contributed by atoms with van der Waals surface area (Å²) in [5.74, 6) is -0.993. The lowest BCUT2D eigenvalue weighted by Gasteiger charge is -1.89. The van der Waals surface area contributed by atoms with Crippen molar-refractivity contribution in [3.05, 3.63) is 23.9 Å². The molecule has 10 heavy (non-hydrogen) atoms. The van der Waals surface area contributed by atoms with Crippen molar-refractivity contribution in [3.8, 4) is 0 Å². The quantitative estimate of drug-likeness (QED) is 0.453. The van der Waals surface area contributed by atoms with Crippen molar-refractivity contribution in [3.63, 3.8) is 0 Å². The molecule has 0 unspecified atom stereocenters. The van der Waals surface area contributed by atoms with Gasteiger partial charge < -0.3 is 10.8 Å². The van der Waals surface area contributed by atoms with Gasteiger partial charge in [0.2, 0.25) is 0 Å². The normalized spacial score (nSPS) is 12.3. The Labute approximate surface area is 59.8 Å². The second kappa shape index (κ2) is 4.61. The molecule has 0 fully saturated rings. The maximum atomic E-state index is 10.2. The number of carboxylic acids is 1. The highest BCUT2D eigenvalue weighted by Crippen LogP contribution is 1.94. The molecule has 0 atom stereocenters. The SMILES string of the molecule is CCC=CC(=CN)C(=O)O. The van der Waals surface area contributed by atoms with Crippen LogP contribution in [0.15, 0.2) is 23.9 Å². The molecule has 0 bridgehead atoms. The average Bonchev–Trinajstić information content (AvgIpc) is 1.89. The Hall–Kier alpha value is -1.25. The molecule has 0 heterocycles. The van der Waals surface area contributed by atoms with E-state index in [0.29, 0.717) is 0 Å². The van der Waals surface area contributed by atoms with E-state index in [9.17, 15) is 4.79 Å². The molecule has 0 radical (unpaired) electrons. The first-order valence-electron chi connectivity index (χ1n) is 3.04. The van der Waals surface area contributed by atoms with E-state index in [1.165, 1.54) is 6.08 Å². The zero-order valence-corrected chi connectivity index (χ0v) is 5.87. The van der Waals surface area contributed by atoms with E-state index < -0.39 is 5.97 Å². The molecule has 0 aromatic rings. The Balaban J connectivity index is 4.12. The molecular weight excluding hydrogens is 130 g/mol. The maximum Gasteiger partial charge on any atom is 0.337 e. The van der Waals surface area contributed by atoms with Gasteiger partial charge >= 0.3 is 5.97 Å². The highest BCUT2D eigenvalue weighted by molar-refractivity contribution is 5.89. The molecule has 3 nitrogen and oxygen atoms in total. The first-order chi connectivity index (χ1) is 4.72. The zero-order chi connectivity index (χ0) is 7.98. The fourth-order valence-corrected chi connectivity index (χ4v) is 0.443. The summed E-state index contributed by atoms with van der Waals surface area (Å²) in [4.78, 5) is 10.2. The van der Waals surface area contributed by atoms with E-state index in [-0.39, 0.29) is 5.57 Å². The van der Waals surface area contributed by atoms with Crippen LogP contribution in [0.25, 0.3) is 0 Å². The maximum absolute atomic E-state index is 10.2. The predicted molar refractivity (Wildman–Crippen MR) is 39.3 cm³/mol. The van der Waals surface area contributed by atoms with Gasteiger partial charge in [0.1, 0.15) is 0 Å². The minimum absolute atomic E-state index is 0.127. The molecule has 0 aromatic carbocycles. The Morgan fingerprint density at radius 3 is 2.60 bits per heavy atom. The lowest BCUT2D eigenvalue weighted by Crippen LogP contribution is -2.00.